The minimum absolute atomic E-state index is 0.00891. The Hall–Kier alpha value is -5.35. The fourth-order valence-corrected chi connectivity index (χ4v) is 9.26. The lowest BCUT2D eigenvalue weighted by Crippen LogP contribution is -2.59. The predicted molar refractivity (Wildman–Crippen MR) is 292 cm³/mol. The second kappa shape index (κ2) is 37.4. The van der Waals surface area contributed by atoms with Crippen LogP contribution in [0.5, 0.6) is 0 Å². The molecule has 0 radical (unpaired) electrons. The van der Waals surface area contributed by atoms with Crippen LogP contribution in [-0.4, -0.2) is 133 Å². The molecular formula is C55H95N11O10. The Labute approximate surface area is 451 Å². The van der Waals surface area contributed by atoms with Crippen molar-refractivity contribution in [2.24, 2.45) is 46.6 Å². The van der Waals surface area contributed by atoms with E-state index in [-0.39, 0.29) is 102 Å². The third-order valence-corrected chi connectivity index (χ3v) is 13.5. The molecule has 9 atom stereocenters. The van der Waals surface area contributed by atoms with Gasteiger partial charge in [0.25, 0.3) is 0 Å². The van der Waals surface area contributed by atoms with Gasteiger partial charge in [-0.1, -0.05) is 97.1 Å². The molecule has 1 aliphatic heterocycles. The normalized spacial score (nSPS) is 22.9. The van der Waals surface area contributed by atoms with Gasteiger partial charge in [0, 0.05) is 31.2 Å². The summed E-state index contributed by atoms with van der Waals surface area (Å²) in [5.41, 5.74) is 24.3. The van der Waals surface area contributed by atoms with Crippen LogP contribution in [0.25, 0.3) is 0 Å². The highest BCUT2D eigenvalue weighted by molar-refractivity contribution is 5.98. The summed E-state index contributed by atoms with van der Waals surface area (Å²) in [6.45, 7) is 9.60. The number of nitrogens with one attached hydrogen (secondary N) is 7. The first-order chi connectivity index (χ1) is 36.3. The van der Waals surface area contributed by atoms with E-state index in [4.69, 9.17) is 22.9 Å². The van der Waals surface area contributed by atoms with Crippen LogP contribution in [0.3, 0.4) is 0 Å². The highest BCUT2D eigenvalue weighted by Gasteiger charge is 2.36. The number of aliphatic hydroxyl groups excluding tert-OH is 1. The molecule has 0 spiro atoms. The highest BCUT2D eigenvalue weighted by Crippen LogP contribution is 2.20. The van der Waals surface area contributed by atoms with Crippen LogP contribution < -0.4 is 60.2 Å². The van der Waals surface area contributed by atoms with Gasteiger partial charge >= 0.3 is 0 Å². The zero-order valence-corrected chi connectivity index (χ0v) is 46.1. The lowest BCUT2D eigenvalue weighted by atomic mass is 9.88. The molecule has 0 saturated carbocycles. The van der Waals surface area contributed by atoms with Crippen molar-refractivity contribution in [3.8, 4) is 0 Å². The molecule has 2 rings (SSSR count). The number of benzene rings is 1. The monoisotopic (exact) mass is 1070 g/mol. The van der Waals surface area contributed by atoms with Crippen molar-refractivity contribution in [3.05, 3.63) is 35.9 Å². The zero-order valence-electron chi connectivity index (χ0n) is 46.1. The van der Waals surface area contributed by atoms with E-state index in [9.17, 15) is 48.3 Å². The van der Waals surface area contributed by atoms with Crippen LogP contribution in [0.4, 0.5) is 0 Å². The zero-order chi connectivity index (χ0) is 56.6. The molecule has 1 heterocycles. The van der Waals surface area contributed by atoms with Crippen LogP contribution in [-0.2, 0) is 49.6 Å². The van der Waals surface area contributed by atoms with Gasteiger partial charge in [0.05, 0.1) is 24.6 Å². The molecule has 0 bridgehead atoms. The number of carbonyl (C=O) groups excluding carboxylic acids is 9. The quantitative estimate of drug-likeness (QED) is 0.0525. The maximum absolute atomic E-state index is 14.7. The second-order valence-electron chi connectivity index (χ2n) is 21.3. The number of rotatable bonds is 28. The summed E-state index contributed by atoms with van der Waals surface area (Å²) in [5.74, 6) is -8.11. The number of hydrogen-bond donors (Lipinski definition) is 12. The molecular weight excluding hydrogens is 975 g/mol. The first kappa shape index (κ1) is 66.8. The Bertz CT molecular complexity index is 1960. The van der Waals surface area contributed by atoms with Crippen molar-refractivity contribution < 1.29 is 48.3 Å². The largest absolute Gasteiger partial charge is 0.393 e. The summed E-state index contributed by atoms with van der Waals surface area (Å²) in [4.78, 5) is 127. The van der Waals surface area contributed by atoms with Gasteiger partial charge in [-0.2, -0.15) is 0 Å². The van der Waals surface area contributed by atoms with Crippen molar-refractivity contribution >= 4 is 52.9 Å². The fourth-order valence-electron chi connectivity index (χ4n) is 9.26. The first-order valence-corrected chi connectivity index (χ1v) is 27.9. The van der Waals surface area contributed by atoms with E-state index in [1.54, 1.807) is 24.3 Å². The second-order valence-corrected chi connectivity index (χ2v) is 21.3. The molecule has 1 fully saturated rings. The molecule has 21 heteroatoms. The van der Waals surface area contributed by atoms with Gasteiger partial charge in [0.2, 0.25) is 41.4 Å². The Morgan fingerprint density at radius 3 is 1.71 bits per heavy atom. The average molecular weight is 1070 g/mol. The Morgan fingerprint density at radius 1 is 0.605 bits per heavy atom. The molecule has 16 N–H and O–H groups in total. The van der Waals surface area contributed by atoms with Crippen LogP contribution in [0.15, 0.2) is 30.3 Å². The van der Waals surface area contributed by atoms with Gasteiger partial charge in [-0.25, -0.2) is 0 Å². The van der Waals surface area contributed by atoms with Gasteiger partial charge in [0.15, 0.2) is 11.6 Å². The third-order valence-electron chi connectivity index (χ3n) is 13.5. The van der Waals surface area contributed by atoms with Crippen LogP contribution in [0, 0.1) is 23.7 Å². The number of aliphatic hydroxyl groups is 1. The number of hydrogen-bond acceptors (Lipinski definition) is 14. The third kappa shape index (κ3) is 26.1. The molecule has 1 saturated heterocycles. The van der Waals surface area contributed by atoms with Gasteiger partial charge in [-0.15, -0.1) is 0 Å². The molecule has 0 unspecified atom stereocenters. The van der Waals surface area contributed by atoms with Gasteiger partial charge < -0.3 is 65.3 Å². The summed E-state index contributed by atoms with van der Waals surface area (Å²) < 4.78 is 0. The Kier molecular flexibility index (Phi) is 32.9. The van der Waals surface area contributed by atoms with E-state index in [0.29, 0.717) is 25.8 Å². The molecule has 7 amide bonds. The van der Waals surface area contributed by atoms with Gasteiger partial charge in [0.1, 0.15) is 24.2 Å². The summed E-state index contributed by atoms with van der Waals surface area (Å²) in [5, 5.41) is 30.0. The van der Waals surface area contributed by atoms with Crippen LogP contribution in [0.2, 0.25) is 0 Å². The average Bonchev–Trinajstić information content (AvgIpc) is 3.36. The summed E-state index contributed by atoms with van der Waals surface area (Å²) >= 11 is 0. The van der Waals surface area contributed by atoms with E-state index in [0.717, 1.165) is 37.7 Å². The molecule has 1 aliphatic rings. The van der Waals surface area contributed by atoms with E-state index < -0.39 is 114 Å². The standard InChI is InChI=1S/C55H95N11O10/c1-6-7-8-9-13-18-40(67)34-49(70)61-42(20-25-57)47(68)32-38-23-28-60-52(73)45(29-35(2)3)66-54(75)44(22-27-59)63-53(74)43(21-26-58)64-55(76)46(30-36(4)5)65-51(72)39(31-37-16-11-10-12-17-37)33-48(69)41(62-50(38)71)19-14-15-24-56/h10-12,16-17,35-36,38-46,67H,6-9,13-15,18-34,56-59H2,1-5H3,(H,60,73)(H,61,70)(H,62,71)(H,63,74)(H,64,76)(H,65,72)(H,66,75)/t38-,39+,40-,41+,42-,43+,44+,45+,46+/m1/s1. The molecule has 0 aromatic heterocycles. The van der Waals surface area contributed by atoms with Crippen molar-refractivity contribution in [2.75, 3.05) is 32.7 Å². The first-order valence-electron chi connectivity index (χ1n) is 27.9. The summed E-state index contributed by atoms with van der Waals surface area (Å²) in [6.07, 6.45) is 4.60. The Balaban J connectivity index is 2.73. The van der Waals surface area contributed by atoms with E-state index in [2.05, 4.69) is 44.1 Å². The molecule has 1 aromatic carbocycles. The van der Waals surface area contributed by atoms with Gasteiger partial charge in [-0.05, 0) is 114 Å². The summed E-state index contributed by atoms with van der Waals surface area (Å²) in [7, 11) is 0. The topological polar surface area (TPSA) is 362 Å². The molecule has 430 valence electrons. The maximum Gasteiger partial charge on any atom is 0.243 e. The van der Waals surface area contributed by atoms with E-state index in [1.807, 2.05) is 33.8 Å². The minimum Gasteiger partial charge on any atom is -0.393 e. The highest BCUT2D eigenvalue weighted by atomic mass is 16.3. The van der Waals surface area contributed by atoms with Crippen LogP contribution in [0.1, 0.15) is 156 Å². The van der Waals surface area contributed by atoms with Gasteiger partial charge in [-0.3, -0.25) is 43.2 Å². The number of nitrogens with two attached hydrogens (primary N) is 4. The molecule has 1 aromatic rings. The van der Waals surface area contributed by atoms with E-state index in [1.165, 1.54) is 0 Å². The van der Waals surface area contributed by atoms with E-state index >= 15 is 0 Å². The SMILES string of the molecule is CCCCCCC[C@@H](O)CC(=O)N[C@H](CCN)C(=O)C[C@H]1CCNC(=O)[C@H](CC(C)C)NC(=O)[C@H](CCN)NC(=O)[C@H](CCN)NC(=O)[C@H](CC(C)C)NC(=O)[C@@H](Cc2ccccc2)CC(=O)[C@H](CCCCN)NC1=O. The molecule has 0 aliphatic carbocycles. The van der Waals surface area contributed by atoms with Crippen LogP contribution >= 0.6 is 0 Å². The number of unbranched alkanes of at least 4 members (excludes halogenated alkanes) is 5. The molecule has 21 nitrogen and oxygen atoms in total. The maximum atomic E-state index is 14.7. The van der Waals surface area contributed by atoms with Crippen molar-refractivity contribution in [2.45, 2.75) is 199 Å². The summed E-state index contributed by atoms with van der Waals surface area (Å²) in [6, 6.07) is 1.96. The smallest absolute Gasteiger partial charge is 0.243 e. The van der Waals surface area contributed by atoms with Crippen molar-refractivity contribution in [3.63, 3.8) is 0 Å². The van der Waals surface area contributed by atoms with Crippen molar-refractivity contribution in [1.29, 1.82) is 0 Å². The number of carbonyl (C=O) groups is 9. The molecule has 76 heavy (non-hydrogen) atoms. The minimum atomic E-state index is -1.24. The lowest BCUT2D eigenvalue weighted by molar-refractivity contribution is -0.136. The number of Topliss-reactive ketones (excluding diaryl/α,β-unsaturated/α-hetero) is 2. The number of amides is 7. The Morgan fingerprint density at radius 2 is 1.14 bits per heavy atom. The van der Waals surface area contributed by atoms with Crippen molar-refractivity contribution in [1.82, 2.24) is 37.2 Å². The predicted octanol–water partition coefficient (Wildman–Crippen LogP) is 1.19. The fraction of sp³-hybridized carbons (Fsp3) is 0.727. The number of ketones is 2. The lowest BCUT2D eigenvalue weighted by Gasteiger charge is -2.28.